The van der Waals surface area contributed by atoms with Crippen LogP contribution in [0.5, 0.6) is 11.5 Å². The van der Waals surface area contributed by atoms with E-state index in [-0.39, 0.29) is 16.5 Å². The van der Waals surface area contributed by atoms with E-state index in [2.05, 4.69) is 15.9 Å². The van der Waals surface area contributed by atoms with E-state index in [1.807, 2.05) is 0 Å². The highest BCUT2D eigenvalue weighted by molar-refractivity contribution is 9.10. The molecule has 20 heavy (non-hydrogen) atoms. The monoisotopic (exact) mass is 378 g/mol. The van der Waals surface area contributed by atoms with Gasteiger partial charge in [0.15, 0.2) is 11.6 Å². The van der Waals surface area contributed by atoms with Crippen LogP contribution in [-0.4, -0.2) is 5.11 Å². The van der Waals surface area contributed by atoms with E-state index in [0.29, 0.717) is 15.1 Å². The molecule has 1 N–H and O–H groups in total. The number of aliphatic hydroxyl groups is 1. The molecule has 0 bridgehead atoms. The van der Waals surface area contributed by atoms with E-state index >= 15 is 0 Å². The number of para-hydroxylation sites is 1. The lowest BCUT2D eigenvalue weighted by atomic mass is 10.1. The van der Waals surface area contributed by atoms with Gasteiger partial charge in [-0.3, -0.25) is 0 Å². The Morgan fingerprint density at radius 2 is 1.95 bits per heavy atom. The summed E-state index contributed by atoms with van der Waals surface area (Å²) in [7, 11) is 0. The van der Waals surface area contributed by atoms with Gasteiger partial charge >= 0.3 is 0 Å². The largest absolute Gasteiger partial charge is 0.452 e. The van der Waals surface area contributed by atoms with Gasteiger partial charge in [0.25, 0.3) is 0 Å². The summed E-state index contributed by atoms with van der Waals surface area (Å²) >= 11 is 15.2. The summed E-state index contributed by atoms with van der Waals surface area (Å²) in [6.07, 6.45) is -0.870. The molecule has 0 aromatic heterocycles. The molecule has 106 valence electrons. The Kier molecular flexibility index (Phi) is 4.91. The second-order valence-electron chi connectivity index (χ2n) is 4.13. The number of halogens is 4. The quantitative estimate of drug-likeness (QED) is 0.689. The molecule has 2 rings (SSSR count). The minimum Gasteiger partial charge on any atom is -0.452 e. The van der Waals surface area contributed by atoms with Crippen molar-refractivity contribution >= 4 is 39.1 Å². The van der Waals surface area contributed by atoms with Crippen molar-refractivity contribution in [1.82, 2.24) is 0 Å². The highest BCUT2D eigenvalue weighted by Gasteiger charge is 2.17. The number of ether oxygens (including phenoxy) is 1. The summed E-state index contributed by atoms with van der Waals surface area (Å²) in [6.45, 7) is 1.53. The number of hydrogen-bond acceptors (Lipinski definition) is 2. The normalized spacial score (nSPS) is 12.3. The van der Waals surface area contributed by atoms with Crippen molar-refractivity contribution in [2.24, 2.45) is 0 Å². The van der Waals surface area contributed by atoms with Gasteiger partial charge in [0.2, 0.25) is 0 Å². The molecule has 6 heteroatoms. The first-order chi connectivity index (χ1) is 9.40. The third kappa shape index (κ3) is 3.26. The Labute approximate surface area is 134 Å². The maximum Gasteiger partial charge on any atom is 0.168 e. The number of rotatable bonds is 3. The van der Waals surface area contributed by atoms with Crippen LogP contribution in [-0.2, 0) is 0 Å². The average molecular weight is 380 g/mol. The summed E-state index contributed by atoms with van der Waals surface area (Å²) in [6, 6.07) is 7.36. The summed E-state index contributed by atoms with van der Waals surface area (Å²) in [5, 5.41) is 10.3. The lowest BCUT2D eigenvalue weighted by molar-refractivity contribution is 0.194. The molecule has 2 nitrogen and oxygen atoms in total. The van der Waals surface area contributed by atoms with E-state index in [1.54, 1.807) is 12.1 Å². The zero-order chi connectivity index (χ0) is 14.9. The van der Waals surface area contributed by atoms with Gasteiger partial charge in [0.05, 0.1) is 16.1 Å². The fourth-order valence-corrected chi connectivity index (χ4v) is 2.49. The molecule has 0 saturated heterocycles. The number of benzene rings is 2. The van der Waals surface area contributed by atoms with Crippen LogP contribution in [0.1, 0.15) is 18.6 Å². The second kappa shape index (κ2) is 6.31. The maximum atomic E-state index is 13.9. The lowest BCUT2D eigenvalue weighted by Gasteiger charge is -2.15. The van der Waals surface area contributed by atoms with Gasteiger partial charge in [0, 0.05) is 16.1 Å². The Balaban J connectivity index is 2.47. The molecule has 0 aliphatic rings. The molecule has 0 aliphatic heterocycles. The zero-order valence-electron chi connectivity index (χ0n) is 10.3. The Morgan fingerprint density at radius 3 is 2.60 bits per heavy atom. The molecule has 2 aromatic rings. The summed E-state index contributed by atoms with van der Waals surface area (Å²) in [5.74, 6) is -0.437. The van der Waals surface area contributed by atoms with Gasteiger partial charge in [-0.25, -0.2) is 4.39 Å². The first-order valence-electron chi connectivity index (χ1n) is 5.69. The molecular weight excluding hydrogens is 370 g/mol. The molecule has 0 aliphatic carbocycles. The second-order valence-corrected chi connectivity index (χ2v) is 5.80. The predicted molar refractivity (Wildman–Crippen MR) is 81.3 cm³/mol. The van der Waals surface area contributed by atoms with Crippen molar-refractivity contribution in [3.05, 3.63) is 56.2 Å². The molecule has 1 atom stereocenters. The molecule has 2 aromatic carbocycles. The van der Waals surface area contributed by atoms with E-state index in [4.69, 9.17) is 27.9 Å². The van der Waals surface area contributed by atoms with Gasteiger partial charge in [-0.15, -0.1) is 0 Å². The highest BCUT2D eigenvalue weighted by atomic mass is 79.9. The molecule has 0 saturated carbocycles. The minimum atomic E-state index is -0.870. The lowest BCUT2D eigenvalue weighted by Crippen LogP contribution is -1.99. The first-order valence-corrected chi connectivity index (χ1v) is 7.24. The van der Waals surface area contributed by atoms with Crippen molar-refractivity contribution in [1.29, 1.82) is 0 Å². The molecule has 0 spiro atoms. The van der Waals surface area contributed by atoms with Crippen molar-refractivity contribution in [3.8, 4) is 11.5 Å². The SMILES string of the molecule is C[C@@H](O)c1cccc(F)c1Oc1cc(Cl)c(Br)cc1Cl. The van der Waals surface area contributed by atoms with Crippen molar-refractivity contribution in [2.75, 3.05) is 0 Å². The van der Waals surface area contributed by atoms with Crippen molar-refractivity contribution in [2.45, 2.75) is 13.0 Å². The molecule has 0 unspecified atom stereocenters. The van der Waals surface area contributed by atoms with Crippen LogP contribution in [0, 0.1) is 5.82 Å². The van der Waals surface area contributed by atoms with Gasteiger partial charge in [-0.2, -0.15) is 0 Å². The third-order valence-electron chi connectivity index (χ3n) is 2.63. The predicted octanol–water partition coefficient (Wildman–Crippen LogP) is 5.74. The molecule has 0 fully saturated rings. The third-order valence-corrected chi connectivity index (χ3v) is 4.13. The Morgan fingerprint density at radius 1 is 1.25 bits per heavy atom. The molecule has 0 heterocycles. The minimum absolute atomic E-state index is 0.0669. The smallest absolute Gasteiger partial charge is 0.168 e. The van der Waals surface area contributed by atoms with Crippen LogP contribution in [0.15, 0.2) is 34.8 Å². The van der Waals surface area contributed by atoms with Crippen LogP contribution >= 0.6 is 39.1 Å². The fourth-order valence-electron chi connectivity index (χ4n) is 1.65. The topological polar surface area (TPSA) is 29.5 Å². The fraction of sp³-hybridized carbons (Fsp3) is 0.143. The van der Waals surface area contributed by atoms with Crippen molar-refractivity contribution in [3.63, 3.8) is 0 Å². The first kappa shape index (κ1) is 15.6. The standard InChI is InChI=1S/C14H10BrCl2FO2/c1-7(19)8-3-2-4-12(18)14(8)20-13-6-10(16)9(15)5-11(13)17/h2-7,19H,1H3/t7-/m1/s1. The van der Waals surface area contributed by atoms with Crippen LogP contribution in [0.3, 0.4) is 0 Å². The number of aliphatic hydroxyl groups excluding tert-OH is 1. The molecule has 0 radical (unpaired) electrons. The average Bonchev–Trinajstić information content (AvgIpc) is 2.37. The van der Waals surface area contributed by atoms with Crippen LogP contribution in [0.2, 0.25) is 10.0 Å². The van der Waals surface area contributed by atoms with Crippen molar-refractivity contribution < 1.29 is 14.2 Å². The maximum absolute atomic E-state index is 13.9. The van der Waals surface area contributed by atoms with Crippen LogP contribution in [0.25, 0.3) is 0 Å². The molecular formula is C14H10BrCl2FO2. The Hall–Kier alpha value is -0.810. The molecule has 0 amide bonds. The number of hydrogen-bond donors (Lipinski definition) is 1. The highest BCUT2D eigenvalue weighted by Crippen LogP contribution is 2.39. The van der Waals surface area contributed by atoms with E-state index < -0.39 is 11.9 Å². The van der Waals surface area contributed by atoms with Crippen LogP contribution < -0.4 is 4.74 Å². The van der Waals surface area contributed by atoms with E-state index in [9.17, 15) is 9.50 Å². The summed E-state index contributed by atoms with van der Waals surface area (Å²) in [5.41, 5.74) is 0.333. The van der Waals surface area contributed by atoms with Gasteiger partial charge in [-0.1, -0.05) is 35.3 Å². The van der Waals surface area contributed by atoms with Crippen LogP contribution in [0.4, 0.5) is 4.39 Å². The summed E-state index contributed by atoms with van der Waals surface area (Å²) < 4.78 is 20.0. The zero-order valence-corrected chi connectivity index (χ0v) is 13.4. The Bertz CT molecular complexity index is 647. The summed E-state index contributed by atoms with van der Waals surface area (Å²) in [4.78, 5) is 0. The van der Waals surface area contributed by atoms with Gasteiger partial charge in [0.1, 0.15) is 5.75 Å². The van der Waals surface area contributed by atoms with E-state index in [1.165, 1.54) is 25.1 Å². The van der Waals surface area contributed by atoms with E-state index in [0.717, 1.165) is 0 Å². The van der Waals surface area contributed by atoms with Gasteiger partial charge in [-0.05, 0) is 35.0 Å². The van der Waals surface area contributed by atoms with Gasteiger partial charge < -0.3 is 9.84 Å².